The lowest BCUT2D eigenvalue weighted by molar-refractivity contribution is 0.624. The van der Waals surface area contributed by atoms with Crippen LogP contribution in [-0.2, 0) is 7.05 Å². The van der Waals surface area contributed by atoms with Crippen molar-refractivity contribution in [1.29, 1.82) is 0 Å². The molecule has 7 heteroatoms. The zero-order valence-corrected chi connectivity index (χ0v) is 14.7. The quantitative estimate of drug-likeness (QED) is 0.608. The third-order valence-corrected chi connectivity index (χ3v) is 4.12. The molecule has 0 spiro atoms. The van der Waals surface area contributed by atoms with Gasteiger partial charge in [0.25, 0.3) is 0 Å². The van der Waals surface area contributed by atoms with Crippen molar-refractivity contribution in [2.24, 2.45) is 7.05 Å². The molecule has 0 atom stereocenters. The van der Waals surface area contributed by atoms with Gasteiger partial charge in [-0.05, 0) is 43.7 Å². The highest BCUT2D eigenvalue weighted by Crippen LogP contribution is 2.28. The fourth-order valence-corrected chi connectivity index (χ4v) is 2.79. The van der Waals surface area contributed by atoms with E-state index in [1.54, 1.807) is 29.2 Å². The molecule has 4 rings (SSSR count). The number of aromatic nitrogens is 5. The molecule has 0 radical (unpaired) electrons. The predicted molar refractivity (Wildman–Crippen MR) is 98.7 cm³/mol. The maximum absolute atomic E-state index is 14.2. The van der Waals surface area contributed by atoms with E-state index in [9.17, 15) is 4.39 Å². The van der Waals surface area contributed by atoms with Crippen LogP contribution in [-0.4, -0.2) is 24.7 Å². The smallest absolute Gasteiger partial charge is 0.151 e. The van der Waals surface area contributed by atoms with Crippen molar-refractivity contribution < 1.29 is 4.39 Å². The van der Waals surface area contributed by atoms with Crippen LogP contribution in [0.3, 0.4) is 0 Å². The number of aryl methyl sites for hydroxylation is 3. The lowest BCUT2D eigenvalue weighted by Crippen LogP contribution is -1.99. The number of fused-ring (bicyclic) bond motifs is 1. The maximum Gasteiger partial charge on any atom is 0.151 e. The van der Waals surface area contributed by atoms with Crippen LogP contribution in [0.2, 0.25) is 0 Å². The number of pyridine rings is 3. The van der Waals surface area contributed by atoms with Crippen LogP contribution in [0.4, 0.5) is 15.8 Å². The Morgan fingerprint density at radius 2 is 1.92 bits per heavy atom. The molecule has 4 aromatic heterocycles. The Morgan fingerprint density at radius 3 is 2.77 bits per heavy atom. The van der Waals surface area contributed by atoms with Gasteiger partial charge < -0.3 is 5.32 Å². The number of nitrogens with zero attached hydrogens (tertiary/aromatic N) is 5. The van der Waals surface area contributed by atoms with Crippen LogP contribution in [0.1, 0.15) is 11.3 Å². The van der Waals surface area contributed by atoms with Crippen molar-refractivity contribution in [2.75, 3.05) is 5.32 Å². The number of halogens is 1. The van der Waals surface area contributed by atoms with Gasteiger partial charge in [0.1, 0.15) is 16.7 Å². The van der Waals surface area contributed by atoms with Crippen LogP contribution in [0.5, 0.6) is 0 Å². The van der Waals surface area contributed by atoms with Gasteiger partial charge in [-0.25, -0.2) is 9.37 Å². The molecule has 0 aliphatic carbocycles. The first-order valence-electron chi connectivity index (χ1n) is 8.17. The highest BCUT2D eigenvalue weighted by atomic mass is 19.1. The molecule has 0 aliphatic heterocycles. The SMILES string of the molecule is Cc1ccc(F)c(-c2cc(Nc3ccnc4cn(C)nc34)c(C)cn2)n1. The lowest BCUT2D eigenvalue weighted by atomic mass is 10.1. The van der Waals surface area contributed by atoms with Crippen LogP contribution in [0.25, 0.3) is 22.4 Å². The second-order valence-electron chi connectivity index (χ2n) is 6.19. The fourth-order valence-electron chi connectivity index (χ4n) is 2.79. The average Bonchev–Trinajstić information content (AvgIpc) is 3.00. The topological polar surface area (TPSA) is 68.5 Å². The van der Waals surface area contributed by atoms with Crippen molar-refractivity contribution in [3.8, 4) is 11.4 Å². The molecule has 0 saturated heterocycles. The summed E-state index contributed by atoms with van der Waals surface area (Å²) in [6.45, 7) is 3.76. The molecule has 6 nitrogen and oxygen atoms in total. The van der Waals surface area contributed by atoms with E-state index in [0.717, 1.165) is 33.7 Å². The Morgan fingerprint density at radius 1 is 1.08 bits per heavy atom. The third-order valence-electron chi connectivity index (χ3n) is 4.12. The van der Waals surface area contributed by atoms with E-state index in [1.807, 2.05) is 33.2 Å². The van der Waals surface area contributed by atoms with Gasteiger partial charge in [0, 0.05) is 30.8 Å². The second-order valence-corrected chi connectivity index (χ2v) is 6.19. The molecule has 0 unspecified atom stereocenters. The van der Waals surface area contributed by atoms with Gasteiger partial charge in [-0.15, -0.1) is 0 Å². The molecule has 1 N–H and O–H groups in total. The highest BCUT2D eigenvalue weighted by molar-refractivity contribution is 5.89. The summed E-state index contributed by atoms with van der Waals surface area (Å²) < 4.78 is 15.9. The summed E-state index contributed by atoms with van der Waals surface area (Å²) in [6.07, 6.45) is 5.29. The summed E-state index contributed by atoms with van der Waals surface area (Å²) in [5, 5.41) is 7.82. The number of anilines is 2. The number of hydrogen-bond donors (Lipinski definition) is 1. The monoisotopic (exact) mass is 348 g/mol. The first kappa shape index (κ1) is 16.1. The molecule has 4 heterocycles. The first-order chi connectivity index (χ1) is 12.5. The van der Waals surface area contributed by atoms with Crippen molar-refractivity contribution in [2.45, 2.75) is 13.8 Å². The van der Waals surface area contributed by atoms with Gasteiger partial charge >= 0.3 is 0 Å². The van der Waals surface area contributed by atoms with E-state index in [2.05, 4.69) is 25.4 Å². The zero-order valence-electron chi connectivity index (χ0n) is 14.7. The van der Waals surface area contributed by atoms with Gasteiger partial charge in [-0.2, -0.15) is 5.10 Å². The second kappa shape index (κ2) is 6.18. The molecule has 0 aromatic carbocycles. The van der Waals surface area contributed by atoms with E-state index < -0.39 is 5.82 Å². The number of hydrogen-bond acceptors (Lipinski definition) is 5. The van der Waals surface area contributed by atoms with Crippen molar-refractivity contribution in [3.05, 3.63) is 59.9 Å². The van der Waals surface area contributed by atoms with Gasteiger partial charge in [0.15, 0.2) is 5.82 Å². The Balaban J connectivity index is 1.78. The molecular formula is C19H17FN6. The summed E-state index contributed by atoms with van der Waals surface area (Å²) in [4.78, 5) is 12.9. The average molecular weight is 348 g/mol. The largest absolute Gasteiger partial charge is 0.353 e. The molecule has 130 valence electrons. The minimum absolute atomic E-state index is 0.241. The summed E-state index contributed by atoms with van der Waals surface area (Å²) in [5.74, 6) is -0.395. The van der Waals surface area contributed by atoms with E-state index in [4.69, 9.17) is 0 Å². The summed E-state index contributed by atoms with van der Waals surface area (Å²) in [6, 6.07) is 6.71. The Labute approximate surface area is 149 Å². The van der Waals surface area contributed by atoms with E-state index in [1.165, 1.54) is 6.07 Å². The van der Waals surface area contributed by atoms with Crippen molar-refractivity contribution >= 4 is 22.4 Å². The Bertz CT molecular complexity index is 1120. The molecular weight excluding hydrogens is 331 g/mol. The molecule has 0 saturated carbocycles. The standard InChI is InChI=1S/C19H17FN6/c1-11-9-22-16(18-13(20)5-4-12(2)23-18)8-15(11)24-14-6-7-21-17-10-26(3)25-19(14)17/h4-10H,1-3H3,(H,22,24). The summed E-state index contributed by atoms with van der Waals surface area (Å²) in [7, 11) is 1.85. The van der Waals surface area contributed by atoms with E-state index in [-0.39, 0.29) is 5.69 Å². The minimum atomic E-state index is -0.395. The molecule has 26 heavy (non-hydrogen) atoms. The molecule has 0 bridgehead atoms. The maximum atomic E-state index is 14.2. The number of nitrogens with one attached hydrogen (secondary N) is 1. The van der Waals surface area contributed by atoms with Crippen LogP contribution in [0, 0.1) is 19.7 Å². The van der Waals surface area contributed by atoms with Crippen molar-refractivity contribution in [1.82, 2.24) is 24.7 Å². The molecule has 0 amide bonds. The molecule has 0 fully saturated rings. The molecule has 4 aromatic rings. The highest BCUT2D eigenvalue weighted by Gasteiger charge is 2.12. The van der Waals surface area contributed by atoms with E-state index >= 15 is 0 Å². The predicted octanol–water partition coefficient (Wildman–Crippen LogP) is 3.92. The zero-order chi connectivity index (χ0) is 18.3. The fraction of sp³-hybridized carbons (Fsp3) is 0.158. The third kappa shape index (κ3) is 2.88. The normalized spacial score (nSPS) is 11.1. The van der Waals surface area contributed by atoms with Crippen LogP contribution >= 0.6 is 0 Å². The van der Waals surface area contributed by atoms with Gasteiger partial charge in [-0.1, -0.05) is 0 Å². The van der Waals surface area contributed by atoms with Crippen LogP contribution < -0.4 is 5.32 Å². The van der Waals surface area contributed by atoms with Gasteiger partial charge in [0.05, 0.1) is 17.6 Å². The van der Waals surface area contributed by atoms with E-state index in [0.29, 0.717) is 5.69 Å². The number of rotatable bonds is 3. The van der Waals surface area contributed by atoms with Gasteiger partial charge in [0.2, 0.25) is 0 Å². The Kier molecular flexibility index (Phi) is 3.84. The van der Waals surface area contributed by atoms with Crippen LogP contribution in [0.15, 0.2) is 42.9 Å². The first-order valence-corrected chi connectivity index (χ1v) is 8.17. The Hall–Kier alpha value is -3.35. The lowest BCUT2D eigenvalue weighted by Gasteiger charge is -2.12. The minimum Gasteiger partial charge on any atom is -0.353 e. The molecule has 0 aliphatic rings. The summed E-state index contributed by atoms with van der Waals surface area (Å²) >= 11 is 0. The van der Waals surface area contributed by atoms with Gasteiger partial charge in [-0.3, -0.25) is 14.6 Å². The van der Waals surface area contributed by atoms with Crippen molar-refractivity contribution in [3.63, 3.8) is 0 Å². The summed E-state index contributed by atoms with van der Waals surface area (Å²) in [5.41, 5.74) is 5.61.